The van der Waals surface area contributed by atoms with Gasteiger partial charge in [0.2, 0.25) is 0 Å². The van der Waals surface area contributed by atoms with Crippen LogP contribution in [0.15, 0.2) is 0 Å². The molecule has 0 aromatic rings. The van der Waals surface area contributed by atoms with Crippen LogP contribution in [0, 0.1) is 5.92 Å². The second-order valence-electron chi connectivity index (χ2n) is 5.85. The summed E-state index contributed by atoms with van der Waals surface area (Å²) in [5, 5.41) is 0. The Balaban J connectivity index is 0.000000263. The molecule has 0 spiro atoms. The molecule has 9 nitrogen and oxygen atoms in total. The first-order valence-corrected chi connectivity index (χ1v) is 12.1. The second-order valence-corrected chi connectivity index (χ2v) is 11.5. The van der Waals surface area contributed by atoms with Crippen molar-refractivity contribution in [2.24, 2.45) is 5.92 Å². The van der Waals surface area contributed by atoms with Crippen molar-refractivity contribution in [1.82, 2.24) is 0 Å². The zero-order valence-electron chi connectivity index (χ0n) is 16.9. The highest BCUT2D eigenvalue weighted by atomic mass is 28.4. The molecule has 26 heavy (non-hydrogen) atoms. The van der Waals surface area contributed by atoms with Gasteiger partial charge in [-0.25, -0.2) is 0 Å². The van der Waals surface area contributed by atoms with E-state index < -0.39 is 17.9 Å². The maximum Gasteiger partial charge on any atom is 0.680 e. The van der Waals surface area contributed by atoms with Crippen molar-refractivity contribution in [2.45, 2.75) is 31.6 Å². The van der Waals surface area contributed by atoms with Crippen molar-refractivity contribution in [3.05, 3.63) is 0 Å². The maximum atomic E-state index is 5.49. The van der Waals surface area contributed by atoms with Crippen LogP contribution in [0.3, 0.4) is 0 Å². The molecule has 2 saturated heterocycles. The van der Waals surface area contributed by atoms with Crippen LogP contribution in [-0.2, 0) is 40.5 Å². The third-order valence-corrected chi connectivity index (χ3v) is 10.2. The molecular weight excluding hydrogens is 380 g/mol. The molecule has 0 aromatic heterocycles. The van der Waals surface area contributed by atoms with Crippen molar-refractivity contribution >= 4 is 17.9 Å². The van der Waals surface area contributed by atoms with Crippen LogP contribution in [0.2, 0.25) is 5.54 Å². The van der Waals surface area contributed by atoms with Gasteiger partial charge in [0, 0.05) is 60.5 Å². The van der Waals surface area contributed by atoms with E-state index in [0.717, 1.165) is 32.7 Å². The van der Waals surface area contributed by atoms with Crippen LogP contribution in [0.1, 0.15) is 19.8 Å². The van der Waals surface area contributed by atoms with Gasteiger partial charge in [-0.15, -0.1) is 0 Å². The minimum absolute atomic E-state index is 0.225. The van der Waals surface area contributed by atoms with E-state index in [9.17, 15) is 0 Å². The highest BCUT2D eigenvalue weighted by Gasteiger charge is 2.51. The van der Waals surface area contributed by atoms with E-state index in [-0.39, 0.29) is 6.29 Å². The number of rotatable bonds is 11. The third-order valence-electron chi connectivity index (χ3n) is 4.66. The second kappa shape index (κ2) is 11.8. The van der Waals surface area contributed by atoms with E-state index in [1.807, 2.05) is 0 Å². The molecule has 0 bridgehead atoms. The van der Waals surface area contributed by atoms with E-state index in [2.05, 4.69) is 6.92 Å². The molecule has 156 valence electrons. The zero-order chi connectivity index (χ0) is 19.6. The molecular formula is C15H34O9Si2. The smallest absolute Gasteiger partial charge is 0.381 e. The van der Waals surface area contributed by atoms with Crippen molar-refractivity contribution in [3.8, 4) is 0 Å². The Labute approximate surface area is 158 Å². The Morgan fingerprint density at radius 2 is 1.38 bits per heavy atom. The van der Waals surface area contributed by atoms with E-state index in [4.69, 9.17) is 40.5 Å². The monoisotopic (exact) mass is 414 g/mol. The lowest BCUT2D eigenvalue weighted by Gasteiger charge is -2.40. The molecule has 2 aliphatic rings. The lowest BCUT2D eigenvalue weighted by Crippen LogP contribution is -2.53. The molecule has 2 fully saturated rings. The summed E-state index contributed by atoms with van der Waals surface area (Å²) < 4.78 is 47.2. The van der Waals surface area contributed by atoms with Gasteiger partial charge in [-0.3, -0.25) is 0 Å². The van der Waals surface area contributed by atoms with E-state index in [1.165, 1.54) is 21.3 Å². The van der Waals surface area contributed by atoms with Crippen LogP contribution in [0.4, 0.5) is 0 Å². The molecule has 0 radical (unpaired) electrons. The first-order valence-electron chi connectivity index (χ1n) is 8.68. The Kier molecular flexibility index (Phi) is 11.0. The minimum Gasteiger partial charge on any atom is -0.381 e. The largest absolute Gasteiger partial charge is 0.680 e. The van der Waals surface area contributed by atoms with Crippen LogP contribution < -0.4 is 0 Å². The minimum atomic E-state index is -2.88. The predicted molar refractivity (Wildman–Crippen MR) is 97.4 cm³/mol. The maximum absolute atomic E-state index is 5.49. The Hall–Kier alpha value is 0.0738. The average molecular weight is 415 g/mol. The number of hydrogen-bond donors (Lipinski definition) is 0. The molecule has 2 heterocycles. The highest BCUT2D eigenvalue weighted by Crippen LogP contribution is 2.38. The fraction of sp³-hybridized carbons (Fsp3) is 1.00. The Morgan fingerprint density at radius 3 is 1.62 bits per heavy atom. The van der Waals surface area contributed by atoms with Crippen LogP contribution in [-0.4, -0.2) is 86.6 Å². The van der Waals surface area contributed by atoms with Crippen molar-refractivity contribution in [2.75, 3.05) is 62.5 Å². The summed E-state index contributed by atoms with van der Waals surface area (Å²) in [4.78, 5) is 0. The molecule has 2 unspecified atom stereocenters. The zero-order valence-corrected chi connectivity index (χ0v) is 18.9. The molecule has 0 amide bonds. The fourth-order valence-electron chi connectivity index (χ4n) is 2.92. The summed E-state index contributed by atoms with van der Waals surface area (Å²) in [5.74, 6) is 0.534. The lowest BCUT2D eigenvalue weighted by atomic mass is 10.0. The Bertz CT molecular complexity index is 356. The molecule has 0 aromatic carbocycles. The lowest BCUT2D eigenvalue weighted by molar-refractivity contribution is -0.204. The molecule has 2 rings (SSSR count). The fourth-order valence-corrected chi connectivity index (χ4v) is 6.90. The van der Waals surface area contributed by atoms with Crippen LogP contribution in [0.5, 0.6) is 0 Å². The van der Waals surface area contributed by atoms with Gasteiger partial charge < -0.3 is 40.5 Å². The predicted octanol–water partition coefficient (Wildman–Crippen LogP) is 1.42. The molecule has 2 atom stereocenters. The van der Waals surface area contributed by atoms with Crippen molar-refractivity contribution < 1.29 is 40.5 Å². The summed E-state index contributed by atoms with van der Waals surface area (Å²) >= 11 is 0. The van der Waals surface area contributed by atoms with Gasteiger partial charge in [0.05, 0.1) is 19.8 Å². The van der Waals surface area contributed by atoms with Gasteiger partial charge in [0.1, 0.15) is 0 Å². The highest BCUT2D eigenvalue weighted by molar-refractivity contribution is 6.62. The molecule has 0 aliphatic carbocycles. The average Bonchev–Trinajstić information content (AvgIpc) is 2.61. The summed E-state index contributed by atoms with van der Waals surface area (Å²) in [6.45, 7) is 4.49. The number of ether oxygens (including phenoxy) is 2. The first kappa shape index (κ1) is 24.1. The Morgan fingerprint density at radius 1 is 0.885 bits per heavy atom. The topological polar surface area (TPSA) is 83.1 Å². The summed E-state index contributed by atoms with van der Waals surface area (Å²) in [7, 11) is 4.16. The molecule has 11 heteroatoms. The molecule has 2 aliphatic heterocycles. The quantitative estimate of drug-likeness (QED) is 0.466. The van der Waals surface area contributed by atoms with Gasteiger partial charge in [0.25, 0.3) is 0 Å². The summed E-state index contributed by atoms with van der Waals surface area (Å²) in [6, 6.07) is 0. The van der Waals surface area contributed by atoms with Gasteiger partial charge in [-0.1, -0.05) is 6.92 Å². The third kappa shape index (κ3) is 5.78. The van der Waals surface area contributed by atoms with Crippen LogP contribution >= 0.6 is 0 Å². The molecule has 0 N–H and O–H groups in total. The SMILES string of the molecule is CCC(C1COC1)[Si](OC)(OC)OC.CO[Si](OC)(OC)OC1CCO1. The number of hydrogen-bond acceptors (Lipinski definition) is 9. The van der Waals surface area contributed by atoms with Gasteiger partial charge in [0.15, 0.2) is 6.29 Å². The van der Waals surface area contributed by atoms with Gasteiger partial charge >= 0.3 is 17.9 Å². The summed E-state index contributed by atoms with van der Waals surface area (Å²) in [6.07, 6.45) is 1.65. The van der Waals surface area contributed by atoms with Crippen molar-refractivity contribution in [3.63, 3.8) is 0 Å². The normalized spacial score (nSPS) is 22.0. The molecule has 0 saturated carbocycles. The summed E-state index contributed by atoms with van der Waals surface area (Å²) in [5.41, 5.74) is 0.358. The standard InChI is InChI=1S/C9H20O4Si.C6H14O5Si/c1-5-9(8-6-13-7-8)14(10-2,11-3)12-4;1-7-12(8-2,9-3)11-6-4-5-10-6/h8-9H,5-7H2,1-4H3;6H,4-5H2,1-3H3. The van der Waals surface area contributed by atoms with Crippen molar-refractivity contribution in [1.29, 1.82) is 0 Å². The van der Waals surface area contributed by atoms with E-state index in [1.54, 1.807) is 21.3 Å². The van der Waals surface area contributed by atoms with Gasteiger partial charge in [-0.2, -0.15) is 0 Å². The van der Waals surface area contributed by atoms with Gasteiger partial charge in [-0.05, 0) is 6.42 Å². The van der Waals surface area contributed by atoms with E-state index >= 15 is 0 Å². The van der Waals surface area contributed by atoms with E-state index in [0.29, 0.717) is 11.5 Å². The van der Waals surface area contributed by atoms with Crippen LogP contribution in [0.25, 0.3) is 0 Å². The first-order chi connectivity index (χ1) is 12.5.